The lowest BCUT2D eigenvalue weighted by Crippen LogP contribution is -2.62. The van der Waals surface area contributed by atoms with Crippen LogP contribution in [0.1, 0.15) is 19.4 Å². The topological polar surface area (TPSA) is 17.2 Å². The molecule has 1 aromatic carbocycles. The Morgan fingerprint density at radius 2 is 2.05 bits per heavy atom. The average molecular weight is 304 g/mol. The summed E-state index contributed by atoms with van der Waals surface area (Å²) in [6, 6.07) is 6.18. The zero-order chi connectivity index (χ0) is 15.7. The monoisotopic (exact) mass is 303 g/mol. The molecule has 2 nitrogen and oxygen atoms in total. The summed E-state index contributed by atoms with van der Waals surface area (Å²) in [7, 11) is 1.86. The van der Waals surface area contributed by atoms with Gasteiger partial charge in [0.1, 0.15) is 7.05 Å². The molecule has 0 aliphatic heterocycles. The van der Waals surface area contributed by atoms with Gasteiger partial charge in [-0.05, 0) is 37.1 Å². The van der Waals surface area contributed by atoms with Crippen LogP contribution in [0.4, 0.5) is 5.69 Å². The second kappa shape index (κ2) is 9.19. The smallest absolute Gasteiger partial charge is 0.162 e. The predicted octanol–water partition coefficient (Wildman–Crippen LogP) is 3.09. The molecular weight excluding hydrogens is 280 g/mol. The Balaban J connectivity index is 2.97. The molecule has 0 bridgehead atoms. The molecule has 0 saturated heterocycles. The molecular formula is C18H24ClN2+. The van der Waals surface area contributed by atoms with Crippen LogP contribution in [-0.2, 0) is 0 Å². The van der Waals surface area contributed by atoms with Crippen molar-refractivity contribution in [2.45, 2.75) is 13.8 Å². The van der Waals surface area contributed by atoms with Gasteiger partial charge in [-0.25, -0.2) is 0 Å². The predicted molar refractivity (Wildman–Crippen MR) is 95.3 cm³/mol. The fourth-order valence-electron chi connectivity index (χ4n) is 1.99. The lowest BCUT2D eigenvalue weighted by molar-refractivity contribution is -0.413. The molecule has 0 saturated carbocycles. The maximum absolute atomic E-state index is 6.38. The number of hydrogen-bond acceptors (Lipinski definition) is 1. The molecule has 0 aliphatic carbocycles. The second-order valence-electron chi connectivity index (χ2n) is 4.54. The van der Waals surface area contributed by atoms with E-state index in [1.165, 1.54) is 0 Å². The Kier molecular flexibility index (Phi) is 7.55. The molecule has 1 rings (SSSR count). The van der Waals surface area contributed by atoms with Crippen LogP contribution in [0.25, 0.3) is 6.08 Å². The van der Waals surface area contributed by atoms with Crippen molar-refractivity contribution >= 4 is 29.6 Å². The van der Waals surface area contributed by atoms with E-state index in [1.54, 1.807) is 0 Å². The van der Waals surface area contributed by atoms with Crippen molar-refractivity contribution in [3.8, 4) is 0 Å². The Bertz CT molecular complexity index is 552. The first-order valence-electron chi connectivity index (χ1n) is 7.22. The first kappa shape index (κ1) is 17.3. The summed E-state index contributed by atoms with van der Waals surface area (Å²) in [6.45, 7) is 10.0. The van der Waals surface area contributed by atoms with E-state index in [2.05, 4.69) is 42.5 Å². The third-order valence-electron chi connectivity index (χ3n) is 3.25. The molecule has 0 atom stereocenters. The fourth-order valence-corrected chi connectivity index (χ4v) is 2.23. The van der Waals surface area contributed by atoms with Crippen molar-refractivity contribution in [1.29, 1.82) is 0 Å². The summed E-state index contributed by atoms with van der Waals surface area (Å²) in [4.78, 5) is 5.23. The van der Waals surface area contributed by atoms with E-state index in [0.717, 1.165) is 34.9 Å². The number of anilines is 1. The first-order valence-corrected chi connectivity index (χ1v) is 7.59. The highest BCUT2D eigenvalue weighted by Gasteiger charge is 2.04. The fraction of sp³-hybridized carbons (Fsp3) is 0.278. The van der Waals surface area contributed by atoms with Crippen molar-refractivity contribution in [1.82, 2.24) is 0 Å². The van der Waals surface area contributed by atoms with Gasteiger partial charge >= 0.3 is 0 Å². The molecule has 0 aliphatic rings. The van der Waals surface area contributed by atoms with Gasteiger partial charge in [0.05, 0.1) is 0 Å². The molecule has 0 amide bonds. The SMILES string of the molecule is C=CC(/C=C/c1ccc(N(CC)CC)cc1Cl)=C\C=[NH+]C. The minimum atomic E-state index is 0.761. The first-order chi connectivity index (χ1) is 10.2. The number of benzene rings is 1. The maximum Gasteiger partial charge on any atom is 0.162 e. The average Bonchev–Trinajstić information content (AvgIpc) is 2.50. The van der Waals surface area contributed by atoms with Gasteiger partial charge in [0, 0.05) is 29.9 Å². The van der Waals surface area contributed by atoms with E-state index in [0.29, 0.717) is 0 Å². The van der Waals surface area contributed by atoms with Gasteiger partial charge in [-0.3, -0.25) is 4.99 Å². The lowest BCUT2D eigenvalue weighted by atomic mass is 10.1. The molecule has 21 heavy (non-hydrogen) atoms. The van der Waals surface area contributed by atoms with Crippen LogP contribution in [0.15, 0.2) is 48.6 Å². The van der Waals surface area contributed by atoms with Gasteiger partial charge < -0.3 is 4.90 Å². The van der Waals surface area contributed by atoms with Crippen LogP contribution in [0.3, 0.4) is 0 Å². The minimum Gasteiger partial charge on any atom is -0.372 e. The van der Waals surface area contributed by atoms with Crippen molar-refractivity contribution in [3.63, 3.8) is 0 Å². The minimum absolute atomic E-state index is 0.761. The van der Waals surface area contributed by atoms with E-state index in [4.69, 9.17) is 11.6 Å². The zero-order valence-corrected chi connectivity index (χ0v) is 13.8. The Morgan fingerprint density at radius 1 is 1.33 bits per heavy atom. The Hall–Kier alpha value is -1.80. The maximum atomic E-state index is 6.38. The lowest BCUT2D eigenvalue weighted by Gasteiger charge is -2.21. The van der Waals surface area contributed by atoms with Crippen LogP contribution < -0.4 is 9.89 Å². The standard InChI is InChI=1S/C18H23ClN2/c1-5-15(12-13-20-4)8-9-16-10-11-17(14-18(16)19)21(6-2)7-3/h5,8-14H,1,6-7H2,2-4H3/p+1/b9-8+,15-12+,20-13?. The third-order valence-corrected chi connectivity index (χ3v) is 3.57. The Morgan fingerprint density at radius 3 is 2.57 bits per heavy atom. The highest BCUT2D eigenvalue weighted by Crippen LogP contribution is 2.25. The number of allylic oxidation sites excluding steroid dienone is 4. The van der Waals surface area contributed by atoms with Crippen LogP contribution in [0, 0.1) is 0 Å². The largest absolute Gasteiger partial charge is 0.372 e. The van der Waals surface area contributed by atoms with Crippen molar-refractivity contribution in [3.05, 3.63) is 59.2 Å². The normalized spacial score (nSPS) is 12.3. The highest BCUT2D eigenvalue weighted by atomic mass is 35.5. The van der Waals surface area contributed by atoms with Crippen molar-refractivity contribution < 1.29 is 4.99 Å². The van der Waals surface area contributed by atoms with Gasteiger partial charge in [0.25, 0.3) is 0 Å². The molecule has 1 aromatic rings. The second-order valence-corrected chi connectivity index (χ2v) is 4.94. The third kappa shape index (κ3) is 5.24. The van der Waals surface area contributed by atoms with Gasteiger partial charge in [-0.2, -0.15) is 0 Å². The van der Waals surface area contributed by atoms with Crippen molar-refractivity contribution in [2.24, 2.45) is 0 Å². The van der Waals surface area contributed by atoms with Crippen LogP contribution in [0.2, 0.25) is 5.02 Å². The van der Waals surface area contributed by atoms with E-state index in [-0.39, 0.29) is 0 Å². The summed E-state index contributed by atoms with van der Waals surface area (Å²) in [5.74, 6) is 0. The van der Waals surface area contributed by atoms with E-state index in [9.17, 15) is 0 Å². The summed E-state index contributed by atoms with van der Waals surface area (Å²) in [6.07, 6.45) is 9.64. The number of rotatable bonds is 7. The number of halogens is 1. The highest BCUT2D eigenvalue weighted by molar-refractivity contribution is 6.32. The van der Waals surface area contributed by atoms with Gasteiger partial charge in [0.2, 0.25) is 0 Å². The summed E-state index contributed by atoms with van der Waals surface area (Å²) >= 11 is 6.38. The molecule has 0 unspecified atom stereocenters. The molecule has 0 radical (unpaired) electrons. The van der Waals surface area contributed by atoms with E-state index >= 15 is 0 Å². The molecule has 0 aromatic heterocycles. The molecule has 0 heterocycles. The van der Waals surface area contributed by atoms with Gasteiger partial charge in [0.15, 0.2) is 6.21 Å². The molecule has 3 heteroatoms. The summed E-state index contributed by atoms with van der Waals surface area (Å²) < 4.78 is 0. The van der Waals surface area contributed by atoms with Crippen LogP contribution in [0.5, 0.6) is 0 Å². The van der Waals surface area contributed by atoms with Gasteiger partial charge in [-0.15, -0.1) is 0 Å². The van der Waals surface area contributed by atoms with E-state index < -0.39 is 0 Å². The van der Waals surface area contributed by atoms with Gasteiger partial charge in [-0.1, -0.05) is 42.5 Å². The molecule has 112 valence electrons. The van der Waals surface area contributed by atoms with Crippen LogP contribution >= 0.6 is 11.6 Å². The van der Waals surface area contributed by atoms with E-state index in [1.807, 2.05) is 43.6 Å². The molecule has 0 spiro atoms. The summed E-state index contributed by atoms with van der Waals surface area (Å²) in [5, 5.41) is 0.761. The number of hydrogen-bond donors (Lipinski definition) is 1. The Labute approximate surface area is 133 Å². The number of nitrogens with zero attached hydrogens (tertiary/aromatic N) is 1. The van der Waals surface area contributed by atoms with Crippen LogP contribution in [-0.4, -0.2) is 26.4 Å². The zero-order valence-electron chi connectivity index (χ0n) is 13.1. The molecule has 0 fully saturated rings. The quantitative estimate of drug-likeness (QED) is 0.605. The number of nitrogens with one attached hydrogen (secondary N) is 1. The summed E-state index contributed by atoms with van der Waals surface area (Å²) in [5.41, 5.74) is 3.18. The molecule has 1 N–H and O–H groups in total. The van der Waals surface area contributed by atoms with Crippen molar-refractivity contribution in [2.75, 3.05) is 25.0 Å².